The average Bonchev–Trinajstić information content (AvgIpc) is 3.51. The number of hydrogen-bond donors (Lipinski definition) is 2. The molecule has 0 aliphatic carbocycles. The Morgan fingerprint density at radius 1 is 0.927 bits per heavy atom. The molecule has 0 saturated carbocycles. The highest BCUT2D eigenvalue weighted by molar-refractivity contribution is 6.44. The van der Waals surface area contributed by atoms with Crippen molar-refractivity contribution >= 4 is 51.6 Å². The number of amides is 2. The quantitative estimate of drug-likeness (QED) is 0.202. The molecule has 0 bridgehead atoms. The largest absolute Gasteiger partial charge is 0.354 e. The van der Waals surface area contributed by atoms with Gasteiger partial charge in [0.05, 0.1) is 27.5 Å². The Hall–Kier alpha value is -4.06. The molecular weight excluding hydrogens is 553 g/mol. The van der Waals surface area contributed by atoms with Crippen molar-refractivity contribution < 1.29 is 9.59 Å². The van der Waals surface area contributed by atoms with Crippen molar-refractivity contribution in [3.8, 4) is 11.3 Å². The fourth-order valence-electron chi connectivity index (χ4n) is 5.89. The van der Waals surface area contributed by atoms with Crippen LogP contribution in [0.2, 0.25) is 10.0 Å². The van der Waals surface area contributed by atoms with Gasteiger partial charge in [0, 0.05) is 22.0 Å². The minimum Gasteiger partial charge on any atom is -0.354 e. The first-order chi connectivity index (χ1) is 19.9. The molecule has 3 atom stereocenters. The van der Waals surface area contributed by atoms with Crippen molar-refractivity contribution in [3.63, 3.8) is 0 Å². The molecule has 0 fully saturated rings. The number of halogens is 2. The molecule has 7 heteroatoms. The van der Waals surface area contributed by atoms with Gasteiger partial charge in [-0.25, -0.2) is 0 Å². The second kappa shape index (κ2) is 11.1. The number of nitrogens with one attached hydrogen (secondary N) is 2. The predicted octanol–water partition coefficient (Wildman–Crippen LogP) is 8.74. The highest BCUT2D eigenvalue weighted by Gasteiger charge is 2.47. The van der Waals surface area contributed by atoms with Crippen LogP contribution in [0.3, 0.4) is 0 Å². The van der Waals surface area contributed by atoms with Crippen molar-refractivity contribution in [2.75, 3.05) is 5.32 Å². The van der Waals surface area contributed by atoms with Crippen LogP contribution in [0.4, 0.5) is 5.69 Å². The van der Waals surface area contributed by atoms with Crippen LogP contribution in [-0.4, -0.2) is 27.7 Å². The summed E-state index contributed by atoms with van der Waals surface area (Å²) >= 11 is 12.7. The molecule has 41 heavy (non-hydrogen) atoms. The van der Waals surface area contributed by atoms with Gasteiger partial charge in [0.25, 0.3) is 5.91 Å². The van der Waals surface area contributed by atoms with Crippen LogP contribution >= 0.6 is 23.2 Å². The lowest BCUT2D eigenvalue weighted by Gasteiger charge is -2.36. The molecule has 5 nitrogen and oxygen atoms in total. The summed E-state index contributed by atoms with van der Waals surface area (Å²) in [5, 5.41) is 4.60. The lowest BCUT2D eigenvalue weighted by atomic mass is 9.90. The topological polar surface area (TPSA) is 65.2 Å². The number of nitrogens with zero attached hydrogens (tertiary/aromatic N) is 1. The summed E-state index contributed by atoms with van der Waals surface area (Å²) in [5.41, 5.74) is 5.75. The number of rotatable bonds is 7. The summed E-state index contributed by atoms with van der Waals surface area (Å²) < 4.78 is 0. The number of aromatic nitrogens is 1. The van der Waals surface area contributed by atoms with Gasteiger partial charge in [-0.05, 0) is 41.3 Å². The zero-order chi connectivity index (χ0) is 28.7. The third-order valence-electron chi connectivity index (χ3n) is 8.04. The molecule has 0 saturated heterocycles. The lowest BCUT2D eigenvalue weighted by Crippen LogP contribution is -2.50. The van der Waals surface area contributed by atoms with E-state index < -0.39 is 12.1 Å². The number of carbonyl (C=O) groups is 2. The van der Waals surface area contributed by atoms with E-state index in [0.717, 1.165) is 33.3 Å². The number of anilines is 1. The third kappa shape index (κ3) is 4.69. The zero-order valence-electron chi connectivity index (χ0n) is 22.7. The first kappa shape index (κ1) is 27.1. The molecule has 2 heterocycles. The minimum atomic E-state index is -0.780. The standard InChI is InChI=1S/C34H29Cl2N3O2/c1-3-20(2)31(33(40)38-27-19-11-17-25(35)29(27)36)39-32(22-14-7-8-15-23(22)34(39)41)28-24-16-9-10-18-26(24)37-30(28)21-12-5-4-6-13-21/h4-20,31-32,37H,3H2,1-2H3,(H,38,40). The lowest BCUT2D eigenvalue weighted by molar-refractivity contribution is -0.122. The number of H-pyrrole nitrogens is 1. The second-order valence-electron chi connectivity index (χ2n) is 10.4. The molecule has 206 valence electrons. The van der Waals surface area contributed by atoms with Crippen LogP contribution in [0.15, 0.2) is 97.1 Å². The van der Waals surface area contributed by atoms with E-state index in [1.807, 2.05) is 74.5 Å². The molecule has 3 unspecified atom stereocenters. The molecule has 6 rings (SSSR count). The van der Waals surface area contributed by atoms with Crippen molar-refractivity contribution in [1.29, 1.82) is 0 Å². The van der Waals surface area contributed by atoms with E-state index in [4.69, 9.17) is 23.2 Å². The van der Waals surface area contributed by atoms with E-state index in [9.17, 15) is 9.59 Å². The molecule has 1 aliphatic heterocycles. The van der Waals surface area contributed by atoms with E-state index in [-0.39, 0.29) is 22.8 Å². The summed E-state index contributed by atoms with van der Waals surface area (Å²) in [5.74, 6) is -0.637. The summed E-state index contributed by atoms with van der Waals surface area (Å²) in [7, 11) is 0. The van der Waals surface area contributed by atoms with E-state index in [1.165, 1.54) is 0 Å². The van der Waals surface area contributed by atoms with Gasteiger partial charge in [-0.15, -0.1) is 0 Å². The smallest absolute Gasteiger partial charge is 0.255 e. The fourth-order valence-corrected chi connectivity index (χ4v) is 6.24. The predicted molar refractivity (Wildman–Crippen MR) is 167 cm³/mol. The summed E-state index contributed by atoms with van der Waals surface area (Å²) in [6, 6.07) is 29.7. The molecule has 1 aromatic heterocycles. The molecule has 4 aromatic carbocycles. The Balaban J connectivity index is 1.56. The van der Waals surface area contributed by atoms with E-state index in [2.05, 4.69) is 28.5 Å². The molecule has 1 aliphatic rings. The zero-order valence-corrected chi connectivity index (χ0v) is 24.2. The Bertz CT molecular complexity index is 1760. The SMILES string of the molecule is CCC(C)C(C(=O)Nc1cccc(Cl)c1Cl)N1C(=O)c2ccccc2C1c1c(-c2ccccc2)[nH]c2ccccc12. The minimum absolute atomic E-state index is 0.154. The monoisotopic (exact) mass is 581 g/mol. The van der Waals surface area contributed by atoms with Crippen LogP contribution in [0, 0.1) is 5.92 Å². The number of carbonyl (C=O) groups excluding carboxylic acids is 2. The first-order valence-corrected chi connectivity index (χ1v) is 14.5. The number of fused-ring (bicyclic) bond motifs is 2. The van der Waals surface area contributed by atoms with Crippen molar-refractivity contribution in [2.24, 2.45) is 5.92 Å². The van der Waals surface area contributed by atoms with E-state index in [1.54, 1.807) is 23.1 Å². The highest BCUT2D eigenvalue weighted by Crippen LogP contribution is 2.47. The summed E-state index contributed by atoms with van der Waals surface area (Å²) in [6.45, 7) is 4.03. The normalized spacial score (nSPS) is 16.0. The number of hydrogen-bond acceptors (Lipinski definition) is 2. The first-order valence-electron chi connectivity index (χ1n) is 13.7. The number of para-hydroxylation sites is 1. The van der Waals surface area contributed by atoms with Gasteiger partial charge in [0.1, 0.15) is 6.04 Å². The fraction of sp³-hybridized carbons (Fsp3) is 0.176. The second-order valence-corrected chi connectivity index (χ2v) is 11.2. The molecule has 0 radical (unpaired) electrons. The van der Waals surface area contributed by atoms with Crippen LogP contribution < -0.4 is 5.32 Å². The van der Waals surface area contributed by atoms with Gasteiger partial charge >= 0.3 is 0 Å². The Kier molecular flexibility index (Phi) is 7.33. The van der Waals surface area contributed by atoms with Gasteiger partial charge in [-0.1, -0.05) is 116 Å². The molecule has 0 spiro atoms. The number of benzene rings is 4. The van der Waals surface area contributed by atoms with Crippen LogP contribution in [-0.2, 0) is 4.79 Å². The molecule has 2 N–H and O–H groups in total. The summed E-state index contributed by atoms with van der Waals surface area (Å²) in [4.78, 5) is 33.9. The van der Waals surface area contributed by atoms with Crippen LogP contribution in [0.25, 0.3) is 22.2 Å². The average molecular weight is 583 g/mol. The van der Waals surface area contributed by atoms with Crippen molar-refractivity contribution in [3.05, 3.63) is 124 Å². The van der Waals surface area contributed by atoms with Gasteiger partial charge in [0.15, 0.2) is 0 Å². The van der Waals surface area contributed by atoms with Crippen molar-refractivity contribution in [2.45, 2.75) is 32.4 Å². The third-order valence-corrected chi connectivity index (χ3v) is 8.86. The van der Waals surface area contributed by atoms with E-state index >= 15 is 0 Å². The molecule has 2 amide bonds. The maximum absolute atomic E-state index is 14.3. The maximum Gasteiger partial charge on any atom is 0.255 e. The van der Waals surface area contributed by atoms with E-state index in [0.29, 0.717) is 22.7 Å². The molecular formula is C34H29Cl2N3O2. The Morgan fingerprint density at radius 3 is 2.41 bits per heavy atom. The summed E-state index contributed by atoms with van der Waals surface area (Å²) in [6.07, 6.45) is 0.688. The Morgan fingerprint density at radius 2 is 1.63 bits per heavy atom. The Labute approximate surface area is 249 Å². The van der Waals surface area contributed by atoms with Crippen molar-refractivity contribution in [1.82, 2.24) is 9.88 Å². The molecule has 5 aromatic rings. The van der Waals surface area contributed by atoms with Crippen LogP contribution in [0.5, 0.6) is 0 Å². The van der Waals surface area contributed by atoms with Gasteiger partial charge in [-0.3, -0.25) is 9.59 Å². The number of aromatic amines is 1. The maximum atomic E-state index is 14.3. The highest BCUT2D eigenvalue weighted by atomic mass is 35.5. The van der Waals surface area contributed by atoms with Gasteiger partial charge < -0.3 is 15.2 Å². The van der Waals surface area contributed by atoms with Gasteiger partial charge in [-0.2, -0.15) is 0 Å². The van der Waals surface area contributed by atoms with Gasteiger partial charge in [0.2, 0.25) is 5.91 Å². The van der Waals surface area contributed by atoms with Crippen LogP contribution in [0.1, 0.15) is 47.8 Å².